The van der Waals surface area contributed by atoms with Crippen molar-refractivity contribution in [2.45, 2.75) is 57.9 Å². The molecule has 7 nitrogen and oxygen atoms in total. The predicted octanol–water partition coefficient (Wildman–Crippen LogP) is 1.55. The first kappa shape index (κ1) is 21.8. The van der Waals surface area contributed by atoms with E-state index in [1.807, 2.05) is 32.0 Å². The van der Waals surface area contributed by atoms with E-state index in [-0.39, 0.29) is 36.5 Å². The predicted molar refractivity (Wildman–Crippen MR) is 119 cm³/mol. The first-order valence-corrected chi connectivity index (χ1v) is 11.5. The van der Waals surface area contributed by atoms with Crippen molar-refractivity contribution in [1.29, 1.82) is 0 Å². The lowest BCUT2D eigenvalue weighted by Gasteiger charge is -2.56. The number of urea groups is 1. The maximum absolute atomic E-state index is 12.5. The molecule has 0 radical (unpaired) electrons. The van der Waals surface area contributed by atoms with Crippen molar-refractivity contribution in [1.82, 2.24) is 10.6 Å². The second-order valence-corrected chi connectivity index (χ2v) is 10.3. The molecule has 4 amide bonds. The second kappa shape index (κ2) is 8.61. The highest BCUT2D eigenvalue weighted by Crippen LogP contribution is 2.55. The van der Waals surface area contributed by atoms with E-state index in [0.717, 1.165) is 58.7 Å². The Kier molecular flexibility index (Phi) is 6.06. The summed E-state index contributed by atoms with van der Waals surface area (Å²) in [4.78, 5) is 38.0. The Bertz CT molecular complexity index is 826. The van der Waals surface area contributed by atoms with Gasteiger partial charge in [-0.25, -0.2) is 4.79 Å². The van der Waals surface area contributed by atoms with Gasteiger partial charge in [0.2, 0.25) is 0 Å². The van der Waals surface area contributed by atoms with Crippen LogP contribution in [-0.4, -0.2) is 43.5 Å². The molecule has 4 saturated carbocycles. The van der Waals surface area contributed by atoms with Crippen molar-refractivity contribution >= 4 is 23.5 Å². The van der Waals surface area contributed by atoms with Crippen LogP contribution in [0.25, 0.3) is 0 Å². The molecule has 4 N–H and O–H groups in total. The lowest BCUT2D eigenvalue weighted by atomic mass is 9.53. The zero-order chi connectivity index (χ0) is 22.2. The number of carbonyl (C=O) groups excluding carboxylic acids is 3. The summed E-state index contributed by atoms with van der Waals surface area (Å²) < 4.78 is 0. The Morgan fingerprint density at radius 3 is 2.00 bits per heavy atom. The number of hydrogen-bond acceptors (Lipinski definition) is 3. The van der Waals surface area contributed by atoms with E-state index < -0.39 is 0 Å². The van der Waals surface area contributed by atoms with Gasteiger partial charge in [-0.1, -0.05) is 18.2 Å². The maximum Gasteiger partial charge on any atom is 0.322 e. The van der Waals surface area contributed by atoms with Crippen molar-refractivity contribution < 1.29 is 19.3 Å². The summed E-state index contributed by atoms with van der Waals surface area (Å²) in [6.45, 7) is 4.12. The minimum absolute atomic E-state index is 0.0640. The molecule has 5 rings (SSSR count). The topological polar surface area (TPSA) is 91.7 Å². The molecular formula is C24H35N4O3+. The number of anilines is 1. The number of hydrogen-bond donors (Lipinski definition) is 4. The molecule has 4 bridgehead atoms. The van der Waals surface area contributed by atoms with Crippen LogP contribution in [0.1, 0.15) is 49.7 Å². The number of aryl methyl sites for hydroxylation is 2. The van der Waals surface area contributed by atoms with Crippen molar-refractivity contribution in [3.63, 3.8) is 0 Å². The fourth-order valence-electron chi connectivity index (χ4n) is 6.51. The van der Waals surface area contributed by atoms with Gasteiger partial charge >= 0.3 is 6.03 Å². The Morgan fingerprint density at radius 1 is 0.935 bits per heavy atom. The molecule has 0 aliphatic heterocycles. The van der Waals surface area contributed by atoms with Gasteiger partial charge in [-0.15, -0.1) is 0 Å². The van der Waals surface area contributed by atoms with E-state index >= 15 is 0 Å². The number of para-hydroxylation sites is 1. The van der Waals surface area contributed by atoms with Crippen LogP contribution in [0.4, 0.5) is 10.5 Å². The highest BCUT2D eigenvalue weighted by atomic mass is 16.2. The number of benzene rings is 1. The van der Waals surface area contributed by atoms with E-state index in [1.54, 1.807) is 7.05 Å². The van der Waals surface area contributed by atoms with E-state index in [1.165, 1.54) is 19.3 Å². The van der Waals surface area contributed by atoms with Gasteiger partial charge in [0.1, 0.15) is 0 Å². The van der Waals surface area contributed by atoms with Crippen molar-refractivity contribution in [2.24, 2.45) is 17.8 Å². The van der Waals surface area contributed by atoms with Gasteiger partial charge in [-0.2, -0.15) is 0 Å². The van der Waals surface area contributed by atoms with Crippen LogP contribution < -0.4 is 20.9 Å². The Hall–Kier alpha value is -2.41. The van der Waals surface area contributed by atoms with Crippen LogP contribution in [0, 0.1) is 31.6 Å². The summed E-state index contributed by atoms with van der Waals surface area (Å²) in [6, 6.07) is 5.47. The third-order valence-electron chi connectivity index (χ3n) is 7.34. The van der Waals surface area contributed by atoms with Crippen LogP contribution in [0.3, 0.4) is 0 Å². The third-order valence-corrected chi connectivity index (χ3v) is 7.34. The first-order valence-electron chi connectivity index (χ1n) is 11.5. The molecule has 1 atom stereocenters. The summed E-state index contributed by atoms with van der Waals surface area (Å²) in [5.74, 6) is 1.68. The molecule has 4 aliphatic rings. The zero-order valence-corrected chi connectivity index (χ0v) is 18.8. The molecule has 0 spiro atoms. The number of quaternary nitrogens is 1. The first-order chi connectivity index (χ1) is 14.7. The minimum atomic E-state index is -0.389. The van der Waals surface area contributed by atoms with Gasteiger partial charge in [0.25, 0.3) is 11.8 Å². The normalized spacial score (nSPS) is 29.3. The van der Waals surface area contributed by atoms with Gasteiger partial charge in [0, 0.05) is 11.2 Å². The Morgan fingerprint density at radius 2 is 1.45 bits per heavy atom. The number of imide groups is 1. The SMILES string of the molecule is Cc1cccc(C)c1NC(=O)C[NH+](C)CC(=O)NC(=O)NC12CC3CC(CC(C3)C1)C2. The second-order valence-electron chi connectivity index (χ2n) is 10.3. The van der Waals surface area contributed by atoms with Crippen molar-refractivity contribution in [2.75, 3.05) is 25.5 Å². The number of rotatable bonds is 6. The maximum atomic E-state index is 12.5. The number of carbonyl (C=O) groups is 3. The molecule has 0 heterocycles. The Labute approximate surface area is 184 Å². The molecule has 0 aromatic heterocycles. The summed E-state index contributed by atoms with van der Waals surface area (Å²) >= 11 is 0. The van der Waals surface area contributed by atoms with Crippen LogP contribution in [-0.2, 0) is 9.59 Å². The standard InChI is InChI=1S/C24H34N4O3/c1-15-5-4-6-16(2)22(15)25-20(29)13-28(3)14-21(30)26-23(31)27-24-10-17-7-18(11-24)9-19(8-17)12-24/h4-6,17-19H,7-14H2,1-3H3,(H,25,29)(H2,26,27,30,31)/p+1. The quantitative estimate of drug-likeness (QED) is 0.555. The molecule has 31 heavy (non-hydrogen) atoms. The Balaban J connectivity index is 1.23. The average Bonchev–Trinajstić information content (AvgIpc) is 2.62. The van der Waals surface area contributed by atoms with Gasteiger partial charge in [-0.05, 0) is 81.3 Å². The highest BCUT2D eigenvalue weighted by Gasteiger charge is 2.51. The van der Waals surface area contributed by atoms with Gasteiger partial charge in [0.15, 0.2) is 13.1 Å². The fourth-order valence-corrected chi connectivity index (χ4v) is 6.51. The summed E-state index contributed by atoms with van der Waals surface area (Å²) in [5.41, 5.74) is 2.71. The van der Waals surface area contributed by atoms with E-state index in [0.29, 0.717) is 0 Å². The lowest BCUT2D eigenvalue weighted by Crippen LogP contribution is -3.11. The number of likely N-dealkylation sites (N-methyl/N-ethyl adjacent to an activating group) is 1. The molecule has 1 aromatic carbocycles. The van der Waals surface area contributed by atoms with Gasteiger partial charge in [0.05, 0.1) is 7.05 Å². The average molecular weight is 428 g/mol. The molecule has 4 fully saturated rings. The van der Waals surface area contributed by atoms with E-state index in [2.05, 4.69) is 16.0 Å². The van der Waals surface area contributed by atoms with E-state index in [4.69, 9.17) is 0 Å². The van der Waals surface area contributed by atoms with Crippen LogP contribution in [0.15, 0.2) is 18.2 Å². The van der Waals surface area contributed by atoms with Crippen molar-refractivity contribution in [3.8, 4) is 0 Å². The fraction of sp³-hybridized carbons (Fsp3) is 0.625. The molecular weight excluding hydrogens is 392 g/mol. The van der Waals surface area contributed by atoms with Crippen LogP contribution in [0.5, 0.6) is 0 Å². The van der Waals surface area contributed by atoms with Crippen LogP contribution >= 0.6 is 0 Å². The van der Waals surface area contributed by atoms with E-state index in [9.17, 15) is 14.4 Å². The number of amides is 4. The molecule has 1 unspecified atom stereocenters. The summed E-state index contributed by atoms with van der Waals surface area (Å²) in [5, 5.41) is 8.58. The summed E-state index contributed by atoms with van der Waals surface area (Å²) in [6.07, 6.45) is 7.05. The molecule has 7 heteroatoms. The molecule has 4 aliphatic carbocycles. The smallest absolute Gasteiger partial charge is 0.322 e. The summed E-state index contributed by atoms with van der Waals surface area (Å²) in [7, 11) is 1.78. The van der Waals surface area contributed by atoms with Crippen LogP contribution in [0.2, 0.25) is 0 Å². The molecule has 168 valence electrons. The van der Waals surface area contributed by atoms with Gasteiger partial charge in [-0.3, -0.25) is 14.9 Å². The highest BCUT2D eigenvalue weighted by molar-refractivity contribution is 5.95. The largest absolute Gasteiger partial charge is 0.332 e. The zero-order valence-electron chi connectivity index (χ0n) is 18.8. The monoisotopic (exact) mass is 427 g/mol. The number of nitrogens with one attached hydrogen (secondary N) is 4. The third kappa shape index (κ3) is 5.09. The molecule has 0 saturated heterocycles. The van der Waals surface area contributed by atoms with Gasteiger partial charge < -0.3 is 15.5 Å². The lowest BCUT2D eigenvalue weighted by molar-refractivity contribution is -0.862. The van der Waals surface area contributed by atoms with Crippen molar-refractivity contribution in [3.05, 3.63) is 29.3 Å². The molecule has 1 aromatic rings. The minimum Gasteiger partial charge on any atom is -0.332 e.